The zero-order chi connectivity index (χ0) is 20.4. The quantitative estimate of drug-likeness (QED) is 0.510. The van der Waals surface area contributed by atoms with E-state index in [2.05, 4.69) is 22.9 Å². The van der Waals surface area contributed by atoms with E-state index in [0.717, 1.165) is 40.4 Å². The predicted octanol–water partition coefficient (Wildman–Crippen LogP) is 5.14. The Bertz CT molecular complexity index is 1100. The van der Waals surface area contributed by atoms with Crippen LogP contribution in [0.25, 0.3) is 16.6 Å². The Morgan fingerprint density at radius 2 is 2.10 bits per heavy atom. The number of benzene rings is 2. The molecule has 148 valence electrons. The molecule has 2 aromatic carbocycles. The molecule has 29 heavy (non-hydrogen) atoms. The minimum Gasteiger partial charge on any atom is -0.495 e. The van der Waals surface area contributed by atoms with Crippen molar-refractivity contribution in [1.82, 2.24) is 4.98 Å². The third-order valence-corrected chi connectivity index (χ3v) is 6.04. The molecule has 7 heteroatoms. The number of allylic oxidation sites excluding steroid dienone is 1. The van der Waals surface area contributed by atoms with Gasteiger partial charge in [0.15, 0.2) is 0 Å². The van der Waals surface area contributed by atoms with Crippen molar-refractivity contribution < 1.29 is 14.7 Å². The van der Waals surface area contributed by atoms with Crippen LogP contribution < -0.4 is 15.5 Å². The zero-order valence-electron chi connectivity index (χ0n) is 16.2. The highest BCUT2D eigenvalue weighted by Gasteiger charge is 2.17. The van der Waals surface area contributed by atoms with Crippen molar-refractivity contribution in [2.24, 2.45) is 0 Å². The lowest BCUT2D eigenvalue weighted by Crippen LogP contribution is -2.13. The summed E-state index contributed by atoms with van der Waals surface area (Å²) in [6.45, 7) is 1.98. The Morgan fingerprint density at radius 3 is 2.86 bits per heavy atom. The van der Waals surface area contributed by atoms with Gasteiger partial charge in [-0.2, -0.15) is 0 Å². The fraction of sp³-hybridized carbons (Fsp3) is 0.182. The van der Waals surface area contributed by atoms with Crippen LogP contribution in [0.4, 0.5) is 11.4 Å². The second-order valence-corrected chi connectivity index (χ2v) is 7.76. The summed E-state index contributed by atoms with van der Waals surface area (Å²) < 4.78 is 5.14. The topological polar surface area (TPSA) is 83.5 Å². The van der Waals surface area contributed by atoms with Gasteiger partial charge in [0, 0.05) is 16.8 Å². The number of aromatic nitrogens is 1. The maximum absolute atomic E-state index is 12.8. The summed E-state index contributed by atoms with van der Waals surface area (Å²) in [5.74, 6) is 0.176. The standard InChI is InChI=1S/C22H21N3O3S/c1-13-15(22-24-17-7-3-4-9-20(17)29-22)6-5-8-16(13)23-21(26)14-10-11-19(28-2)18(12-14)25-27/h4-6,8-12,25,27H,3,7H2,1-2H3,(H,23,26). The molecule has 0 atom stereocenters. The van der Waals surface area contributed by atoms with E-state index in [1.54, 1.807) is 23.5 Å². The lowest BCUT2D eigenvalue weighted by molar-refractivity contribution is 0.102. The molecule has 0 saturated heterocycles. The van der Waals surface area contributed by atoms with Crippen molar-refractivity contribution in [2.75, 3.05) is 17.9 Å². The maximum Gasteiger partial charge on any atom is 0.255 e. The molecule has 4 rings (SSSR count). The van der Waals surface area contributed by atoms with Crippen LogP contribution in [0, 0.1) is 6.92 Å². The lowest BCUT2D eigenvalue weighted by atomic mass is 10.1. The van der Waals surface area contributed by atoms with Gasteiger partial charge in [0.25, 0.3) is 5.91 Å². The first kappa shape index (κ1) is 19.2. The van der Waals surface area contributed by atoms with E-state index in [0.29, 0.717) is 17.0 Å². The van der Waals surface area contributed by atoms with E-state index in [4.69, 9.17) is 9.72 Å². The van der Waals surface area contributed by atoms with E-state index in [1.807, 2.05) is 25.1 Å². The number of nitrogens with one attached hydrogen (secondary N) is 2. The van der Waals surface area contributed by atoms with Gasteiger partial charge in [-0.05, 0) is 55.7 Å². The molecule has 3 N–H and O–H groups in total. The van der Waals surface area contributed by atoms with Gasteiger partial charge in [-0.3, -0.25) is 15.5 Å². The van der Waals surface area contributed by atoms with Crippen LogP contribution in [-0.4, -0.2) is 23.2 Å². The summed E-state index contributed by atoms with van der Waals surface area (Å²) in [5, 5.41) is 13.2. The minimum absolute atomic E-state index is 0.272. The van der Waals surface area contributed by atoms with Gasteiger partial charge in [0.2, 0.25) is 0 Å². The molecule has 0 fully saturated rings. The second-order valence-electron chi connectivity index (χ2n) is 6.73. The first-order valence-corrected chi connectivity index (χ1v) is 10.1. The third kappa shape index (κ3) is 3.74. The lowest BCUT2D eigenvalue weighted by Gasteiger charge is -2.13. The summed E-state index contributed by atoms with van der Waals surface area (Å²) in [6.07, 6.45) is 6.31. The monoisotopic (exact) mass is 407 g/mol. The Balaban J connectivity index is 1.62. The van der Waals surface area contributed by atoms with E-state index >= 15 is 0 Å². The first-order valence-electron chi connectivity index (χ1n) is 9.26. The van der Waals surface area contributed by atoms with Crippen molar-refractivity contribution in [3.05, 3.63) is 64.2 Å². The van der Waals surface area contributed by atoms with Gasteiger partial charge in [-0.15, -0.1) is 11.3 Å². The number of rotatable bonds is 5. The SMILES string of the molecule is COc1ccc(C(=O)Nc2cccc(-c3nc4c(s3)C=CCC4)c2C)cc1NO. The van der Waals surface area contributed by atoms with E-state index in [-0.39, 0.29) is 5.91 Å². The second kappa shape index (κ2) is 8.06. The summed E-state index contributed by atoms with van der Waals surface area (Å²) in [6, 6.07) is 10.6. The van der Waals surface area contributed by atoms with E-state index in [1.165, 1.54) is 18.1 Å². The van der Waals surface area contributed by atoms with Crippen molar-refractivity contribution in [3.63, 3.8) is 0 Å². The van der Waals surface area contributed by atoms with Crippen molar-refractivity contribution in [3.8, 4) is 16.3 Å². The molecule has 6 nitrogen and oxygen atoms in total. The molecule has 1 amide bonds. The van der Waals surface area contributed by atoms with Gasteiger partial charge in [-0.1, -0.05) is 18.2 Å². The summed E-state index contributed by atoms with van der Waals surface area (Å²) in [5.41, 5.74) is 6.63. The van der Waals surface area contributed by atoms with E-state index < -0.39 is 0 Å². The first-order chi connectivity index (χ1) is 14.1. The summed E-state index contributed by atoms with van der Waals surface area (Å²) in [7, 11) is 1.50. The van der Waals surface area contributed by atoms with Crippen LogP contribution in [-0.2, 0) is 6.42 Å². The Kier molecular flexibility index (Phi) is 5.33. The molecule has 1 aliphatic carbocycles. The van der Waals surface area contributed by atoms with Crippen LogP contribution in [0.1, 0.15) is 32.9 Å². The number of nitrogens with zero attached hydrogens (tertiary/aromatic N) is 1. The van der Waals surface area contributed by atoms with Gasteiger partial charge in [0.05, 0.1) is 17.7 Å². The van der Waals surface area contributed by atoms with Gasteiger partial charge in [0.1, 0.15) is 16.4 Å². The third-order valence-electron chi connectivity index (χ3n) is 4.94. The number of carbonyl (C=O) groups excluding carboxylic acids is 1. The molecule has 0 saturated carbocycles. The number of carbonyl (C=O) groups is 1. The summed E-state index contributed by atoms with van der Waals surface area (Å²) in [4.78, 5) is 18.8. The number of hydrogen-bond donors (Lipinski definition) is 3. The number of ether oxygens (including phenoxy) is 1. The molecule has 0 aliphatic heterocycles. The number of anilines is 2. The van der Waals surface area contributed by atoms with Gasteiger partial charge < -0.3 is 10.1 Å². The van der Waals surface area contributed by atoms with Crippen LogP contribution in [0.3, 0.4) is 0 Å². The van der Waals surface area contributed by atoms with Crippen LogP contribution in [0.15, 0.2) is 42.5 Å². The van der Waals surface area contributed by atoms with Crippen molar-refractivity contribution in [1.29, 1.82) is 0 Å². The number of hydrogen-bond acceptors (Lipinski definition) is 6. The van der Waals surface area contributed by atoms with Crippen molar-refractivity contribution in [2.45, 2.75) is 19.8 Å². The fourth-order valence-electron chi connectivity index (χ4n) is 3.33. The highest BCUT2D eigenvalue weighted by Crippen LogP contribution is 2.35. The zero-order valence-corrected chi connectivity index (χ0v) is 17.0. The number of fused-ring (bicyclic) bond motifs is 1. The Hall–Kier alpha value is -3.16. The highest BCUT2D eigenvalue weighted by atomic mass is 32.1. The normalized spacial score (nSPS) is 12.4. The number of aryl methyl sites for hydroxylation is 1. The Labute approximate surface area is 172 Å². The molecule has 3 aromatic rings. The molecule has 0 radical (unpaired) electrons. The number of thiazole rings is 1. The average molecular weight is 407 g/mol. The van der Waals surface area contributed by atoms with E-state index in [9.17, 15) is 10.0 Å². The van der Waals surface area contributed by atoms with Gasteiger partial charge in [-0.25, -0.2) is 4.98 Å². The number of methoxy groups -OCH3 is 1. The highest BCUT2D eigenvalue weighted by molar-refractivity contribution is 7.16. The molecule has 0 bridgehead atoms. The maximum atomic E-state index is 12.8. The van der Waals surface area contributed by atoms with Crippen LogP contribution in [0.2, 0.25) is 0 Å². The fourth-order valence-corrected chi connectivity index (χ4v) is 4.46. The Morgan fingerprint density at radius 1 is 1.24 bits per heavy atom. The molecular formula is C22H21N3O3S. The smallest absolute Gasteiger partial charge is 0.255 e. The van der Waals surface area contributed by atoms with Crippen molar-refractivity contribution >= 4 is 34.7 Å². The predicted molar refractivity (Wildman–Crippen MR) is 116 cm³/mol. The van der Waals surface area contributed by atoms with Gasteiger partial charge >= 0.3 is 0 Å². The molecular weight excluding hydrogens is 386 g/mol. The molecule has 1 aromatic heterocycles. The van der Waals surface area contributed by atoms with Crippen LogP contribution in [0.5, 0.6) is 5.75 Å². The minimum atomic E-state index is -0.272. The molecule has 0 unspecified atom stereocenters. The largest absolute Gasteiger partial charge is 0.495 e. The molecule has 0 spiro atoms. The number of amides is 1. The summed E-state index contributed by atoms with van der Waals surface area (Å²) >= 11 is 1.68. The average Bonchev–Trinajstić information content (AvgIpc) is 3.18. The molecule has 1 heterocycles. The molecule has 1 aliphatic rings. The van der Waals surface area contributed by atoms with Crippen LogP contribution >= 0.6 is 11.3 Å².